The quantitative estimate of drug-likeness (QED) is 0.684. The second-order valence-corrected chi connectivity index (χ2v) is 8.30. The number of anilines is 1. The van der Waals surface area contributed by atoms with Crippen molar-refractivity contribution < 1.29 is 14.3 Å². The lowest BCUT2D eigenvalue weighted by Gasteiger charge is -2.33. The van der Waals surface area contributed by atoms with Crippen molar-refractivity contribution in [2.45, 2.75) is 11.3 Å². The maximum absolute atomic E-state index is 13.4. The molecule has 31 heavy (non-hydrogen) atoms. The average Bonchev–Trinajstić information content (AvgIpc) is 3.23. The fourth-order valence-electron chi connectivity index (χ4n) is 3.87. The molecule has 8 heteroatoms. The van der Waals surface area contributed by atoms with Gasteiger partial charge in [0.05, 0.1) is 36.7 Å². The number of ether oxygens (including phenoxy) is 1. The van der Waals surface area contributed by atoms with E-state index < -0.39 is 17.3 Å². The van der Waals surface area contributed by atoms with E-state index in [0.717, 1.165) is 20.6 Å². The van der Waals surface area contributed by atoms with Crippen LogP contribution in [0.4, 0.5) is 10.5 Å². The van der Waals surface area contributed by atoms with Crippen LogP contribution < -0.4 is 15.0 Å². The number of hydrogen-bond donors (Lipinski definition) is 1. The van der Waals surface area contributed by atoms with E-state index in [9.17, 15) is 14.9 Å². The summed E-state index contributed by atoms with van der Waals surface area (Å²) in [4.78, 5) is 32.5. The molecular weight excluding hydrogens is 412 g/mol. The van der Waals surface area contributed by atoms with Crippen molar-refractivity contribution in [2.24, 2.45) is 0 Å². The Kier molecular flexibility index (Phi) is 4.60. The summed E-state index contributed by atoms with van der Waals surface area (Å²) in [5.74, 6) is 0.300. The van der Waals surface area contributed by atoms with Crippen LogP contribution in [-0.2, 0) is 4.79 Å². The Morgan fingerprint density at radius 2 is 2.03 bits per heavy atom. The second kappa shape index (κ2) is 7.45. The number of carbonyl (C=O) groups is 2. The van der Waals surface area contributed by atoms with Crippen molar-refractivity contribution >= 4 is 45.1 Å². The Morgan fingerprint density at radius 1 is 1.19 bits per heavy atom. The van der Waals surface area contributed by atoms with Gasteiger partial charge in [0.15, 0.2) is 0 Å². The van der Waals surface area contributed by atoms with E-state index in [-0.39, 0.29) is 5.91 Å². The predicted molar refractivity (Wildman–Crippen MR) is 119 cm³/mol. The molecule has 0 bridgehead atoms. The number of nitrogens with zero attached hydrogens (tertiary/aromatic N) is 3. The number of nitrogens with one attached hydrogen (secondary N) is 1. The first-order valence-electron chi connectivity index (χ1n) is 9.55. The molecule has 0 radical (unpaired) electrons. The SMILES string of the molecule is COc1ccc(C#N)c(C2=CC3NC(=O)N(c4cncc5ccccc45)C(=O)C3S2)c1. The number of benzene rings is 2. The highest BCUT2D eigenvalue weighted by Crippen LogP contribution is 2.44. The van der Waals surface area contributed by atoms with Gasteiger partial charge in [0.25, 0.3) is 5.91 Å². The Labute approximate surface area is 182 Å². The Hall–Kier alpha value is -3.83. The lowest BCUT2D eigenvalue weighted by atomic mass is 10.0. The summed E-state index contributed by atoms with van der Waals surface area (Å²) < 4.78 is 5.29. The van der Waals surface area contributed by atoms with Gasteiger partial charge in [0.1, 0.15) is 11.0 Å². The monoisotopic (exact) mass is 428 g/mol. The minimum Gasteiger partial charge on any atom is -0.497 e. The average molecular weight is 428 g/mol. The number of urea groups is 1. The fourth-order valence-corrected chi connectivity index (χ4v) is 5.16. The predicted octanol–water partition coefficient (Wildman–Crippen LogP) is 3.70. The third-order valence-electron chi connectivity index (χ3n) is 5.37. The van der Waals surface area contributed by atoms with Crippen LogP contribution in [0.2, 0.25) is 0 Å². The highest BCUT2D eigenvalue weighted by Gasteiger charge is 2.45. The van der Waals surface area contributed by atoms with Gasteiger partial charge in [-0.15, -0.1) is 11.8 Å². The van der Waals surface area contributed by atoms with Crippen molar-refractivity contribution in [3.8, 4) is 11.8 Å². The molecule has 5 rings (SSSR count). The molecule has 0 saturated carbocycles. The van der Waals surface area contributed by atoms with Crippen LogP contribution >= 0.6 is 11.8 Å². The van der Waals surface area contributed by atoms with Crippen LogP contribution in [0.15, 0.2) is 60.9 Å². The van der Waals surface area contributed by atoms with Crippen LogP contribution in [0.5, 0.6) is 5.75 Å². The number of rotatable bonds is 3. The van der Waals surface area contributed by atoms with Crippen molar-refractivity contribution in [3.63, 3.8) is 0 Å². The topological polar surface area (TPSA) is 95.3 Å². The van der Waals surface area contributed by atoms with Gasteiger partial charge >= 0.3 is 6.03 Å². The van der Waals surface area contributed by atoms with Gasteiger partial charge in [0.2, 0.25) is 0 Å². The smallest absolute Gasteiger partial charge is 0.329 e. The number of methoxy groups -OCH3 is 1. The summed E-state index contributed by atoms with van der Waals surface area (Å²) in [6, 6.07) is 13.9. The van der Waals surface area contributed by atoms with Crippen LogP contribution in [0, 0.1) is 11.3 Å². The van der Waals surface area contributed by atoms with Gasteiger partial charge in [0, 0.05) is 27.4 Å². The molecule has 152 valence electrons. The van der Waals surface area contributed by atoms with E-state index in [2.05, 4.69) is 16.4 Å². The number of imide groups is 1. The van der Waals surface area contributed by atoms with Gasteiger partial charge in [-0.2, -0.15) is 5.26 Å². The van der Waals surface area contributed by atoms with E-state index >= 15 is 0 Å². The van der Waals surface area contributed by atoms with E-state index in [1.165, 1.54) is 18.0 Å². The number of fused-ring (bicyclic) bond motifs is 2. The summed E-state index contributed by atoms with van der Waals surface area (Å²) in [6.07, 6.45) is 5.06. The van der Waals surface area contributed by atoms with Gasteiger partial charge in [-0.05, 0) is 24.3 Å². The Morgan fingerprint density at radius 3 is 2.84 bits per heavy atom. The summed E-state index contributed by atoms with van der Waals surface area (Å²) in [5.41, 5.74) is 1.61. The molecule has 2 atom stereocenters. The van der Waals surface area contributed by atoms with Crippen molar-refractivity contribution in [2.75, 3.05) is 12.0 Å². The molecule has 3 aromatic rings. The Bertz CT molecular complexity index is 1310. The van der Waals surface area contributed by atoms with Gasteiger partial charge in [-0.1, -0.05) is 24.3 Å². The minimum absolute atomic E-state index is 0.315. The van der Waals surface area contributed by atoms with Crippen LogP contribution in [-0.4, -0.2) is 35.3 Å². The van der Waals surface area contributed by atoms with Crippen LogP contribution in [0.3, 0.4) is 0 Å². The number of carbonyl (C=O) groups excluding carboxylic acids is 2. The van der Waals surface area contributed by atoms with E-state index in [1.807, 2.05) is 30.3 Å². The van der Waals surface area contributed by atoms with Crippen molar-refractivity contribution in [1.82, 2.24) is 10.3 Å². The molecule has 1 saturated heterocycles. The van der Waals surface area contributed by atoms with E-state index in [1.54, 1.807) is 31.5 Å². The molecule has 0 aliphatic carbocycles. The third kappa shape index (κ3) is 3.10. The molecule has 1 N–H and O–H groups in total. The molecule has 2 unspecified atom stereocenters. The standard InChI is InChI=1S/C23H16N4O3S/c1-30-15-7-6-13(10-24)17(8-15)20-9-18-21(31-20)22(28)27(23(29)26-18)19-12-25-11-14-4-2-3-5-16(14)19/h2-9,11-12,18,21H,1H3,(H,26,29). The molecule has 2 aliphatic heterocycles. The molecule has 7 nitrogen and oxygen atoms in total. The zero-order valence-electron chi connectivity index (χ0n) is 16.4. The number of pyridine rings is 1. The zero-order valence-corrected chi connectivity index (χ0v) is 17.2. The van der Waals surface area contributed by atoms with Crippen LogP contribution in [0.25, 0.3) is 15.7 Å². The zero-order chi connectivity index (χ0) is 21.5. The maximum atomic E-state index is 13.4. The number of aromatic nitrogens is 1. The molecular formula is C23H16N4O3S. The molecule has 3 amide bonds. The Balaban J connectivity index is 1.51. The molecule has 3 heterocycles. The first-order valence-corrected chi connectivity index (χ1v) is 10.4. The molecule has 2 aliphatic rings. The number of nitriles is 1. The van der Waals surface area contributed by atoms with E-state index in [4.69, 9.17) is 4.74 Å². The van der Waals surface area contributed by atoms with Gasteiger partial charge in [-0.25, -0.2) is 9.69 Å². The number of hydrogen-bond acceptors (Lipinski definition) is 6. The van der Waals surface area contributed by atoms with Crippen molar-refractivity contribution in [3.05, 3.63) is 72.1 Å². The largest absolute Gasteiger partial charge is 0.497 e. The molecule has 0 spiro atoms. The first kappa shape index (κ1) is 19.2. The molecule has 2 aromatic carbocycles. The number of thioether (sulfide) groups is 1. The van der Waals surface area contributed by atoms with Gasteiger partial charge in [-0.3, -0.25) is 9.78 Å². The van der Waals surface area contributed by atoms with Gasteiger partial charge < -0.3 is 10.1 Å². The summed E-state index contributed by atoms with van der Waals surface area (Å²) in [6.45, 7) is 0. The van der Waals surface area contributed by atoms with E-state index in [0.29, 0.717) is 22.6 Å². The first-order chi connectivity index (χ1) is 15.1. The summed E-state index contributed by atoms with van der Waals surface area (Å²) >= 11 is 1.34. The molecule has 1 fully saturated rings. The lowest BCUT2D eigenvalue weighted by Crippen LogP contribution is -2.60. The normalized spacial score (nSPS) is 20.1. The molecule has 1 aromatic heterocycles. The maximum Gasteiger partial charge on any atom is 0.329 e. The third-order valence-corrected chi connectivity index (χ3v) is 6.73. The fraction of sp³-hybridized carbons (Fsp3) is 0.130. The number of amides is 3. The minimum atomic E-state index is -0.538. The summed E-state index contributed by atoms with van der Waals surface area (Å²) in [7, 11) is 1.56. The second-order valence-electron chi connectivity index (χ2n) is 7.12. The summed E-state index contributed by atoms with van der Waals surface area (Å²) in [5, 5.41) is 13.5. The highest BCUT2D eigenvalue weighted by molar-refractivity contribution is 8.09. The highest BCUT2D eigenvalue weighted by atomic mass is 32.2. The lowest BCUT2D eigenvalue weighted by molar-refractivity contribution is -0.118. The van der Waals surface area contributed by atoms with Crippen LogP contribution in [0.1, 0.15) is 11.1 Å². The van der Waals surface area contributed by atoms with Crippen molar-refractivity contribution in [1.29, 1.82) is 5.26 Å².